The van der Waals surface area contributed by atoms with Crippen molar-refractivity contribution in [3.05, 3.63) is 0 Å². The third-order valence-corrected chi connectivity index (χ3v) is 6.26. The van der Waals surface area contributed by atoms with Crippen molar-refractivity contribution in [3.63, 3.8) is 0 Å². The van der Waals surface area contributed by atoms with E-state index < -0.39 is 10.2 Å². The van der Waals surface area contributed by atoms with Crippen molar-refractivity contribution in [2.45, 2.75) is 18.9 Å². The number of ether oxygens (including phenoxy) is 1. The number of nitrogens with one attached hydrogen (secondary N) is 1. The molecule has 0 bridgehead atoms. The fourth-order valence-electron chi connectivity index (χ4n) is 2.95. The van der Waals surface area contributed by atoms with Crippen LogP contribution in [0.5, 0.6) is 0 Å². The van der Waals surface area contributed by atoms with Crippen LogP contribution in [0.1, 0.15) is 12.8 Å². The van der Waals surface area contributed by atoms with Crippen molar-refractivity contribution < 1.29 is 13.2 Å². The van der Waals surface area contributed by atoms with Gasteiger partial charge in [0.25, 0.3) is 10.2 Å². The van der Waals surface area contributed by atoms with Gasteiger partial charge in [-0.25, -0.2) is 0 Å². The maximum Gasteiger partial charge on any atom is 0.281 e. The van der Waals surface area contributed by atoms with Gasteiger partial charge in [-0.15, -0.1) is 0 Å². The van der Waals surface area contributed by atoms with Crippen molar-refractivity contribution in [1.29, 1.82) is 0 Å². The average Bonchev–Trinajstić information content (AvgIpc) is 2.99. The lowest BCUT2D eigenvalue weighted by Gasteiger charge is -2.32. The largest absolute Gasteiger partial charge is 0.379 e. The van der Waals surface area contributed by atoms with Crippen molar-refractivity contribution in [2.75, 3.05) is 66.6 Å². The number of rotatable bonds is 7. The van der Waals surface area contributed by atoms with E-state index in [-0.39, 0.29) is 0 Å². The molecule has 0 radical (unpaired) electrons. The SMILES string of the molecule is CNCCCN(C)S(=O)(=O)N1CCC(N2CCOCC2)C1. The van der Waals surface area contributed by atoms with Crippen molar-refractivity contribution in [1.82, 2.24) is 18.8 Å². The van der Waals surface area contributed by atoms with Crippen LogP contribution < -0.4 is 5.32 Å². The molecular weight excluding hydrogens is 292 g/mol. The monoisotopic (exact) mass is 320 g/mol. The minimum Gasteiger partial charge on any atom is -0.379 e. The van der Waals surface area contributed by atoms with Crippen LogP contribution in [0.25, 0.3) is 0 Å². The van der Waals surface area contributed by atoms with Gasteiger partial charge in [-0.3, -0.25) is 4.90 Å². The Hall–Kier alpha value is -0.250. The molecule has 2 aliphatic rings. The van der Waals surface area contributed by atoms with E-state index in [1.165, 1.54) is 4.31 Å². The Kier molecular flexibility index (Phi) is 6.39. The zero-order valence-corrected chi connectivity index (χ0v) is 13.9. The molecule has 1 atom stereocenters. The highest BCUT2D eigenvalue weighted by atomic mass is 32.2. The first-order valence-electron chi connectivity index (χ1n) is 7.73. The topological polar surface area (TPSA) is 65.1 Å². The second kappa shape index (κ2) is 7.85. The lowest BCUT2D eigenvalue weighted by Crippen LogP contribution is -2.47. The van der Waals surface area contributed by atoms with E-state index in [0.717, 1.165) is 45.7 Å². The Labute approximate surface area is 128 Å². The van der Waals surface area contributed by atoms with Crippen LogP contribution in [0.2, 0.25) is 0 Å². The summed E-state index contributed by atoms with van der Waals surface area (Å²) in [6, 6.07) is 0.342. The maximum atomic E-state index is 12.5. The van der Waals surface area contributed by atoms with E-state index in [9.17, 15) is 8.42 Å². The molecule has 1 N–H and O–H groups in total. The van der Waals surface area contributed by atoms with Crippen LogP contribution in [-0.2, 0) is 14.9 Å². The zero-order chi connectivity index (χ0) is 15.3. The van der Waals surface area contributed by atoms with Gasteiger partial charge < -0.3 is 10.1 Å². The van der Waals surface area contributed by atoms with Gasteiger partial charge in [0.1, 0.15) is 0 Å². The summed E-state index contributed by atoms with van der Waals surface area (Å²) in [5.74, 6) is 0. The van der Waals surface area contributed by atoms with E-state index in [1.54, 1.807) is 11.4 Å². The molecule has 0 aromatic heterocycles. The minimum atomic E-state index is -3.31. The van der Waals surface area contributed by atoms with E-state index in [4.69, 9.17) is 4.74 Å². The summed E-state index contributed by atoms with van der Waals surface area (Å²) in [7, 11) is 0.241. The summed E-state index contributed by atoms with van der Waals surface area (Å²) in [6.45, 7) is 5.96. The van der Waals surface area contributed by atoms with Crippen LogP contribution in [0.3, 0.4) is 0 Å². The van der Waals surface area contributed by atoms with Gasteiger partial charge >= 0.3 is 0 Å². The molecule has 21 heavy (non-hydrogen) atoms. The molecule has 2 aliphatic heterocycles. The Bertz CT molecular complexity index is 412. The number of hydrogen-bond donors (Lipinski definition) is 1. The predicted molar refractivity (Wildman–Crippen MR) is 82.5 cm³/mol. The molecule has 0 aliphatic carbocycles. The quantitative estimate of drug-likeness (QED) is 0.621. The van der Waals surface area contributed by atoms with Crippen LogP contribution in [0.15, 0.2) is 0 Å². The van der Waals surface area contributed by atoms with Crippen molar-refractivity contribution in [3.8, 4) is 0 Å². The van der Waals surface area contributed by atoms with Crippen LogP contribution >= 0.6 is 0 Å². The fraction of sp³-hybridized carbons (Fsp3) is 1.00. The van der Waals surface area contributed by atoms with E-state index in [1.807, 2.05) is 7.05 Å². The van der Waals surface area contributed by atoms with Gasteiger partial charge in [0.15, 0.2) is 0 Å². The summed E-state index contributed by atoms with van der Waals surface area (Å²) in [5.41, 5.74) is 0. The van der Waals surface area contributed by atoms with Gasteiger partial charge in [0, 0.05) is 45.8 Å². The van der Waals surface area contributed by atoms with Crippen LogP contribution in [-0.4, -0.2) is 94.5 Å². The van der Waals surface area contributed by atoms with Crippen LogP contribution in [0, 0.1) is 0 Å². The molecule has 0 spiro atoms. The molecule has 0 amide bonds. The van der Waals surface area contributed by atoms with E-state index in [0.29, 0.717) is 25.7 Å². The molecule has 2 rings (SSSR count). The Balaban J connectivity index is 1.86. The van der Waals surface area contributed by atoms with Gasteiger partial charge in [0.2, 0.25) is 0 Å². The summed E-state index contributed by atoms with van der Waals surface area (Å²) < 4.78 is 33.6. The van der Waals surface area contributed by atoms with E-state index >= 15 is 0 Å². The Morgan fingerprint density at radius 1 is 1.29 bits per heavy atom. The highest BCUT2D eigenvalue weighted by Gasteiger charge is 2.36. The summed E-state index contributed by atoms with van der Waals surface area (Å²) in [5, 5.41) is 3.04. The fourth-order valence-corrected chi connectivity index (χ4v) is 4.40. The van der Waals surface area contributed by atoms with Crippen LogP contribution in [0.4, 0.5) is 0 Å². The Morgan fingerprint density at radius 2 is 2.00 bits per heavy atom. The molecule has 124 valence electrons. The molecule has 0 aromatic rings. The first-order valence-corrected chi connectivity index (χ1v) is 9.13. The zero-order valence-electron chi connectivity index (χ0n) is 13.1. The number of hydrogen-bond acceptors (Lipinski definition) is 5. The first kappa shape index (κ1) is 17.1. The van der Waals surface area contributed by atoms with Gasteiger partial charge in [0.05, 0.1) is 13.2 Å². The molecule has 7 nitrogen and oxygen atoms in total. The lowest BCUT2D eigenvalue weighted by molar-refractivity contribution is 0.0196. The summed E-state index contributed by atoms with van der Waals surface area (Å²) in [6.07, 6.45) is 1.75. The summed E-state index contributed by atoms with van der Waals surface area (Å²) in [4.78, 5) is 2.36. The minimum absolute atomic E-state index is 0.342. The molecule has 8 heteroatoms. The molecule has 2 fully saturated rings. The van der Waals surface area contributed by atoms with E-state index in [2.05, 4.69) is 10.2 Å². The average molecular weight is 320 g/mol. The second-order valence-electron chi connectivity index (χ2n) is 5.74. The number of nitrogens with zero attached hydrogens (tertiary/aromatic N) is 3. The standard InChI is InChI=1S/C13H28N4O3S/c1-14-5-3-6-15(2)21(18,19)17-7-4-13(12-17)16-8-10-20-11-9-16/h13-14H,3-12H2,1-2H3. The normalized spacial score (nSPS) is 25.8. The molecule has 2 heterocycles. The highest BCUT2D eigenvalue weighted by Crippen LogP contribution is 2.21. The molecule has 1 unspecified atom stereocenters. The third-order valence-electron chi connectivity index (χ3n) is 4.31. The summed E-state index contributed by atoms with van der Waals surface area (Å²) >= 11 is 0. The van der Waals surface area contributed by atoms with Crippen molar-refractivity contribution in [2.24, 2.45) is 0 Å². The highest BCUT2D eigenvalue weighted by molar-refractivity contribution is 7.86. The number of morpholine rings is 1. The third kappa shape index (κ3) is 4.37. The molecule has 0 saturated carbocycles. The van der Waals surface area contributed by atoms with Crippen molar-refractivity contribution >= 4 is 10.2 Å². The first-order chi connectivity index (χ1) is 10.1. The van der Waals surface area contributed by atoms with Gasteiger partial charge in [-0.1, -0.05) is 0 Å². The molecule has 2 saturated heterocycles. The lowest BCUT2D eigenvalue weighted by atomic mass is 10.2. The van der Waals surface area contributed by atoms with Gasteiger partial charge in [-0.2, -0.15) is 17.0 Å². The maximum absolute atomic E-state index is 12.5. The second-order valence-corrected chi connectivity index (χ2v) is 7.77. The predicted octanol–water partition coefficient (Wildman–Crippen LogP) is -0.821. The van der Waals surface area contributed by atoms with Gasteiger partial charge in [-0.05, 0) is 26.4 Å². The molecular formula is C13H28N4O3S. The Morgan fingerprint density at radius 3 is 2.67 bits per heavy atom. The smallest absolute Gasteiger partial charge is 0.281 e. The molecule has 0 aromatic carbocycles.